The van der Waals surface area contributed by atoms with Gasteiger partial charge in [0.15, 0.2) is 0 Å². The van der Waals surface area contributed by atoms with Crippen LogP contribution in [0.5, 0.6) is 0 Å². The minimum atomic E-state index is -1.19. The van der Waals surface area contributed by atoms with Gasteiger partial charge in [-0.25, -0.2) is 0 Å². The van der Waals surface area contributed by atoms with Gasteiger partial charge < -0.3 is 15.5 Å². The van der Waals surface area contributed by atoms with E-state index < -0.39 is 36.6 Å². The number of aliphatic carboxylic acids is 2. The number of amides is 1. The lowest BCUT2D eigenvalue weighted by Crippen LogP contribution is -2.34. The van der Waals surface area contributed by atoms with Gasteiger partial charge in [-0.3, -0.25) is 14.4 Å². The molecule has 126 valence electrons. The van der Waals surface area contributed by atoms with Crippen molar-refractivity contribution in [2.75, 3.05) is 6.54 Å². The first-order valence-electron chi connectivity index (χ1n) is 7.64. The molecule has 2 rings (SSSR count). The molecule has 0 aliphatic rings. The van der Waals surface area contributed by atoms with Crippen molar-refractivity contribution in [3.8, 4) is 0 Å². The summed E-state index contributed by atoms with van der Waals surface area (Å²) in [5.74, 6) is -3.98. The summed E-state index contributed by atoms with van der Waals surface area (Å²) in [4.78, 5) is 33.5. The average molecular weight is 329 g/mol. The first-order chi connectivity index (χ1) is 11.5. The molecule has 0 aliphatic carbocycles. The molecule has 0 unspecified atom stereocenters. The van der Waals surface area contributed by atoms with E-state index in [0.29, 0.717) is 13.0 Å². The number of carboxylic acids is 2. The van der Waals surface area contributed by atoms with Crippen LogP contribution in [-0.2, 0) is 20.8 Å². The van der Waals surface area contributed by atoms with Gasteiger partial charge in [0.05, 0.1) is 18.8 Å². The van der Waals surface area contributed by atoms with Gasteiger partial charge in [-0.15, -0.1) is 0 Å². The number of benzene rings is 2. The Kier molecular flexibility index (Phi) is 5.89. The summed E-state index contributed by atoms with van der Waals surface area (Å²) in [7, 11) is 0. The highest BCUT2D eigenvalue weighted by molar-refractivity contribution is 5.86. The second-order valence-electron chi connectivity index (χ2n) is 5.62. The largest absolute Gasteiger partial charge is 0.481 e. The van der Waals surface area contributed by atoms with Crippen LogP contribution in [0.3, 0.4) is 0 Å². The topological polar surface area (TPSA) is 104 Å². The standard InChI is InChI=1S/C18H19NO5/c20-16(21)10-15(11-17(22)23)18(24)19-8-7-12-5-6-13-3-1-2-4-14(13)9-12/h1-6,9,15H,7-8,10-11H2,(H,19,24)(H,20,21)(H,22,23). The van der Waals surface area contributed by atoms with Gasteiger partial charge in [0.1, 0.15) is 0 Å². The molecule has 3 N–H and O–H groups in total. The first kappa shape index (κ1) is 17.5. The second kappa shape index (κ2) is 8.10. The molecule has 1 amide bonds. The molecule has 2 aromatic rings. The average Bonchev–Trinajstić information content (AvgIpc) is 2.53. The minimum absolute atomic E-state index is 0.326. The van der Waals surface area contributed by atoms with E-state index >= 15 is 0 Å². The Balaban J connectivity index is 1.91. The molecule has 0 radical (unpaired) electrons. The fraction of sp³-hybridized carbons (Fsp3) is 0.278. The summed E-state index contributed by atoms with van der Waals surface area (Å²) in [6.07, 6.45) is -0.397. The minimum Gasteiger partial charge on any atom is -0.481 e. The van der Waals surface area contributed by atoms with Crippen LogP contribution >= 0.6 is 0 Å². The Morgan fingerprint density at radius 3 is 2.17 bits per heavy atom. The molecule has 0 saturated carbocycles. The van der Waals surface area contributed by atoms with Crippen molar-refractivity contribution in [3.63, 3.8) is 0 Å². The molecule has 6 nitrogen and oxygen atoms in total. The van der Waals surface area contributed by atoms with Crippen molar-refractivity contribution in [1.29, 1.82) is 0 Å². The van der Waals surface area contributed by atoms with Crippen molar-refractivity contribution >= 4 is 28.6 Å². The van der Waals surface area contributed by atoms with Gasteiger partial charge in [0.2, 0.25) is 5.91 Å². The molecule has 0 spiro atoms. The third kappa shape index (κ3) is 5.08. The van der Waals surface area contributed by atoms with Crippen LogP contribution in [0.25, 0.3) is 10.8 Å². The summed E-state index contributed by atoms with van der Waals surface area (Å²) >= 11 is 0. The van der Waals surface area contributed by atoms with Crippen LogP contribution in [-0.4, -0.2) is 34.6 Å². The van der Waals surface area contributed by atoms with E-state index in [0.717, 1.165) is 16.3 Å². The Morgan fingerprint density at radius 1 is 0.917 bits per heavy atom. The smallest absolute Gasteiger partial charge is 0.304 e. The Hall–Kier alpha value is -2.89. The Morgan fingerprint density at radius 2 is 1.54 bits per heavy atom. The number of fused-ring (bicyclic) bond motifs is 1. The van der Waals surface area contributed by atoms with Gasteiger partial charge in [-0.1, -0.05) is 42.5 Å². The lowest BCUT2D eigenvalue weighted by molar-refractivity contribution is -0.145. The molecular weight excluding hydrogens is 310 g/mol. The predicted octanol–water partition coefficient (Wildman–Crippen LogP) is 2.06. The molecule has 6 heteroatoms. The molecule has 0 bridgehead atoms. The molecule has 2 aromatic carbocycles. The highest BCUT2D eigenvalue weighted by atomic mass is 16.4. The van der Waals surface area contributed by atoms with E-state index in [1.807, 2.05) is 42.5 Å². The summed E-state index contributed by atoms with van der Waals surface area (Å²) in [6.45, 7) is 0.326. The van der Waals surface area contributed by atoms with E-state index in [1.165, 1.54) is 0 Å². The number of rotatable bonds is 8. The molecule has 0 atom stereocenters. The summed E-state index contributed by atoms with van der Waals surface area (Å²) in [6, 6.07) is 14.0. The van der Waals surface area contributed by atoms with Gasteiger partial charge in [-0.05, 0) is 22.8 Å². The fourth-order valence-corrected chi connectivity index (χ4v) is 2.55. The summed E-state index contributed by atoms with van der Waals surface area (Å²) < 4.78 is 0. The maximum absolute atomic E-state index is 12.0. The highest BCUT2D eigenvalue weighted by Gasteiger charge is 2.24. The Bertz CT molecular complexity index is 740. The number of carboxylic acid groups (broad SMARTS) is 2. The van der Waals surface area contributed by atoms with Crippen LogP contribution in [0.1, 0.15) is 18.4 Å². The highest BCUT2D eigenvalue weighted by Crippen LogP contribution is 2.16. The normalized spacial score (nSPS) is 10.7. The van der Waals surface area contributed by atoms with Crippen LogP contribution in [0, 0.1) is 5.92 Å². The maximum Gasteiger partial charge on any atom is 0.304 e. The van der Waals surface area contributed by atoms with Gasteiger partial charge >= 0.3 is 11.9 Å². The number of hydrogen-bond donors (Lipinski definition) is 3. The van der Waals surface area contributed by atoms with Gasteiger partial charge in [-0.2, -0.15) is 0 Å². The fourth-order valence-electron chi connectivity index (χ4n) is 2.55. The van der Waals surface area contributed by atoms with Crippen LogP contribution < -0.4 is 5.32 Å². The van der Waals surface area contributed by atoms with Crippen molar-refractivity contribution in [2.45, 2.75) is 19.3 Å². The third-order valence-corrected chi connectivity index (χ3v) is 3.74. The number of carbonyl (C=O) groups is 3. The summed E-state index contributed by atoms with van der Waals surface area (Å²) in [5, 5.41) is 22.4. The monoisotopic (exact) mass is 329 g/mol. The van der Waals surface area contributed by atoms with E-state index in [-0.39, 0.29) is 0 Å². The molecular formula is C18H19NO5. The summed E-state index contributed by atoms with van der Waals surface area (Å²) in [5.41, 5.74) is 1.04. The molecule has 24 heavy (non-hydrogen) atoms. The maximum atomic E-state index is 12.0. The van der Waals surface area contributed by atoms with Gasteiger partial charge in [0.25, 0.3) is 0 Å². The van der Waals surface area contributed by atoms with E-state index in [4.69, 9.17) is 10.2 Å². The predicted molar refractivity (Wildman–Crippen MR) is 88.7 cm³/mol. The zero-order valence-corrected chi connectivity index (χ0v) is 13.1. The lowest BCUT2D eigenvalue weighted by atomic mass is 10.0. The van der Waals surface area contributed by atoms with Crippen molar-refractivity contribution in [1.82, 2.24) is 5.32 Å². The lowest BCUT2D eigenvalue weighted by Gasteiger charge is -2.13. The molecule has 0 saturated heterocycles. The Labute approximate surface area is 139 Å². The quantitative estimate of drug-likeness (QED) is 0.688. The molecule has 0 fully saturated rings. The number of hydrogen-bond acceptors (Lipinski definition) is 3. The third-order valence-electron chi connectivity index (χ3n) is 3.74. The van der Waals surface area contributed by atoms with Crippen LogP contribution in [0.15, 0.2) is 42.5 Å². The zero-order valence-electron chi connectivity index (χ0n) is 13.1. The number of carbonyl (C=O) groups excluding carboxylic acids is 1. The first-order valence-corrected chi connectivity index (χ1v) is 7.64. The molecule has 0 heterocycles. The van der Waals surface area contributed by atoms with Crippen molar-refractivity contribution in [2.24, 2.45) is 5.92 Å². The molecule has 0 aliphatic heterocycles. The van der Waals surface area contributed by atoms with E-state index in [9.17, 15) is 14.4 Å². The van der Waals surface area contributed by atoms with E-state index in [2.05, 4.69) is 5.32 Å². The number of nitrogens with one attached hydrogen (secondary N) is 1. The second-order valence-corrected chi connectivity index (χ2v) is 5.62. The van der Waals surface area contributed by atoms with Crippen molar-refractivity contribution in [3.05, 3.63) is 48.0 Å². The van der Waals surface area contributed by atoms with Crippen LogP contribution in [0.4, 0.5) is 0 Å². The van der Waals surface area contributed by atoms with E-state index in [1.54, 1.807) is 0 Å². The van der Waals surface area contributed by atoms with Gasteiger partial charge in [0, 0.05) is 6.54 Å². The van der Waals surface area contributed by atoms with Crippen LogP contribution in [0.2, 0.25) is 0 Å². The zero-order chi connectivity index (χ0) is 17.5. The SMILES string of the molecule is O=C(O)CC(CC(=O)O)C(=O)NCCc1ccc2ccccc2c1. The molecule has 0 aromatic heterocycles. The van der Waals surface area contributed by atoms with Crippen molar-refractivity contribution < 1.29 is 24.6 Å².